The van der Waals surface area contributed by atoms with Gasteiger partial charge in [-0.25, -0.2) is 0 Å². The minimum atomic E-state index is 0.765. The SMILES string of the molecule is C=CCCCCCOc1ccc(C)nc1CNCC. The second kappa shape index (κ2) is 9.56. The van der Waals surface area contributed by atoms with Gasteiger partial charge in [-0.05, 0) is 51.3 Å². The minimum absolute atomic E-state index is 0.765. The monoisotopic (exact) mass is 262 g/mol. The van der Waals surface area contributed by atoms with Crippen LogP contribution in [0, 0.1) is 6.92 Å². The molecule has 1 rings (SSSR count). The number of aryl methyl sites for hydroxylation is 1. The fraction of sp³-hybridized carbons (Fsp3) is 0.562. The van der Waals surface area contributed by atoms with E-state index in [0.717, 1.165) is 49.7 Å². The molecule has 0 aliphatic carbocycles. The molecule has 3 heteroatoms. The second-order valence-electron chi connectivity index (χ2n) is 4.66. The summed E-state index contributed by atoms with van der Waals surface area (Å²) in [6.45, 7) is 10.3. The quantitative estimate of drug-likeness (QED) is 0.516. The van der Waals surface area contributed by atoms with Gasteiger partial charge in [0.25, 0.3) is 0 Å². The molecular formula is C16H26N2O. The first-order chi connectivity index (χ1) is 9.27. The zero-order valence-electron chi connectivity index (χ0n) is 12.2. The van der Waals surface area contributed by atoms with Gasteiger partial charge >= 0.3 is 0 Å². The van der Waals surface area contributed by atoms with Crippen LogP contribution in [0.4, 0.5) is 0 Å². The molecule has 1 N–H and O–H groups in total. The molecule has 0 aliphatic heterocycles. The maximum atomic E-state index is 5.84. The first-order valence-corrected chi connectivity index (χ1v) is 7.18. The summed E-state index contributed by atoms with van der Waals surface area (Å²) >= 11 is 0. The van der Waals surface area contributed by atoms with E-state index in [4.69, 9.17) is 4.74 Å². The zero-order chi connectivity index (χ0) is 13.9. The Morgan fingerprint density at radius 2 is 2.16 bits per heavy atom. The highest BCUT2D eigenvalue weighted by molar-refractivity contribution is 5.29. The van der Waals surface area contributed by atoms with E-state index >= 15 is 0 Å². The lowest BCUT2D eigenvalue weighted by atomic mass is 10.2. The average Bonchev–Trinajstić information content (AvgIpc) is 2.42. The molecule has 106 valence electrons. The lowest BCUT2D eigenvalue weighted by molar-refractivity contribution is 0.300. The van der Waals surface area contributed by atoms with Crippen LogP contribution in [-0.4, -0.2) is 18.1 Å². The van der Waals surface area contributed by atoms with Crippen molar-refractivity contribution in [2.24, 2.45) is 0 Å². The first kappa shape index (κ1) is 15.7. The number of aromatic nitrogens is 1. The molecule has 3 nitrogen and oxygen atoms in total. The molecule has 0 bridgehead atoms. The van der Waals surface area contributed by atoms with E-state index < -0.39 is 0 Å². The van der Waals surface area contributed by atoms with Crippen LogP contribution in [0.2, 0.25) is 0 Å². The number of pyridine rings is 1. The van der Waals surface area contributed by atoms with Crippen LogP contribution in [0.3, 0.4) is 0 Å². The molecule has 0 amide bonds. The molecule has 0 atom stereocenters. The third-order valence-corrected chi connectivity index (χ3v) is 2.92. The van der Waals surface area contributed by atoms with Gasteiger partial charge in [0.05, 0.1) is 12.3 Å². The average molecular weight is 262 g/mol. The molecular weight excluding hydrogens is 236 g/mol. The Hall–Kier alpha value is -1.35. The molecule has 0 saturated heterocycles. The van der Waals surface area contributed by atoms with Crippen LogP contribution in [0.25, 0.3) is 0 Å². The summed E-state index contributed by atoms with van der Waals surface area (Å²) in [5.74, 6) is 0.912. The number of hydrogen-bond donors (Lipinski definition) is 1. The van der Waals surface area contributed by atoms with Gasteiger partial charge in [-0.3, -0.25) is 4.98 Å². The molecule has 0 unspecified atom stereocenters. The fourth-order valence-electron chi connectivity index (χ4n) is 1.85. The number of nitrogens with one attached hydrogen (secondary N) is 1. The molecule has 0 spiro atoms. The maximum absolute atomic E-state index is 5.84. The smallest absolute Gasteiger partial charge is 0.142 e. The minimum Gasteiger partial charge on any atom is -0.492 e. The third-order valence-electron chi connectivity index (χ3n) is 2.92. The number of nitrogens with zero attached hydrogens (tertiary/aromatic N) is 1. The summed E-state index contributed by atoms with van der Waals surface area (Å²) in [5.41, 5.74) is 2.04. The van der Waals surface area contributed by atoms with Gasteiger partial charge in [-0.2, -0.15) is 0 Å². The van der Waals surface area contributed by atoms with E-state index in [1.54, 1.807) is 0 Å². The Balaban J connectivity index is 2.40. The van der Waals surface area contributed by atoms with Crippen molar-refractivity contribution in [3.63, 3.8) is 0 Å². The van der Waals surface area contributed by atoms with Gasteiger partial charge in [0.2, 0.25) is 0 Å². The third kappa shape index (κ3) is 6.39. The second-order valence-corrected chi connectivity index (χ2v) is 4.66. The number of unbranched alkanes of at least 4 members (excludes halogenated alkanes) is 3. The Kier molecular flexibility index (Phi) is 7.91. The molecule has 19 heavy (non-hydrogen) atoms. The van der Waals surface area contributed by atoms with Crippen LogP contribution < -0.4 is 10.1 Å². The van der Waals surface area contributed by atoms with E-state index in [0.29, 0.717) is 0 Å². The lowest BCUT2D eigenvalue weighted by Crippen LogP contribution is -2.14. The number of ether oxygens (including phenoxy) is 1. The predicted molar refractivity (Wildman–Crippen MR) is 80.5 cm³/mol. The maximum Gasteiger partial charge on any atom is 0.142 e. The predicted octanol–water partition coefficient (Wildman–Crippen LogP) is 3.62. The van der Waals surface area contributed by atoms with Crippen LogP contribution in [0.15, 0.2) is 24.8 Å². The Morgan fingerprint density at radius 3 is 2.89 bits per heavy atom. The van der Waals surface area contributed by atoms with E-state index in [2.05, 4.69) is 23.8 Å². The lowest BCUT2D eigenvalue weighted by Gasteiger charge is -2.11. The van der Waals surface area contributed by atoms with Gasteiger partial charge < -0.3 is 10.1 Å². The van der Waals surface area contributed by atoms with Crippen molar-refractivity contribution in [2.75, 3.05) is 13.2 Å². The number of hydrogen-bond acceptors (Lipinski definition) is 3. The fourth-order valence-corrected chi connectivity index (χ4v) is 1.85. The molecule has 0 saturated carbocycles. The number of rotatable bonds is 10. The molecule has 1 aromatic heterocycles. The first-order valence-electron chi connectivity index (χ1n) is 7.18. The highest BCUT2D eigenvalue weighted by Gasteiger charge is 2.05. The van der Waals surface area contributed by atoms with E-state index in [1.807, 2.05) is 25.1 Å². The van der Waals surface area contributed by atoms with E-state index in [-0.39, 0.29) is 0 Å². The van der Waals surface area contributed by atoms with Gasteiger partial charge in [-0.1, -0.05) is 13.0 Å². The van der Waals surface area contributed by atoms with E-state index in [9.17, 15) is 0 Å². The van der Waals surface area contributed by atoms with Crippen molar-refractivity contribution in [1.29, 1.82) is 0 Å². The number of allylic oxidation sites excluding steroid dienone is 1. The van der Waals surface area contributed by atoms with Crippen LogP contribution in [0.5, 0.6) is 5.75 Å². The molecule has 0 fully saturated rings. The topological polar surface area (TPSA) is 34.1 Å². The van der Waals surface area contributed by atoms with Crippen molar-refractivity contribution in [3.8, 4) is 5.75 Å². The van der Waals surface area contributed by atoms with Crippen LogP contribution >= 0.6 is 0 Å². The van der Waals surface area contributed by atoms with Crippen molar-refractivity contribution >= 4 is 0 Å². The summed E-state index contributed by atoms with van der Waals surface area (Å²) in [4.78, 5) is 4.54. The largest absolute Gasteiger partial charge is 0.492 e. The van der Waals surface area contributed by atoms with Gasteiger partial charge in [0.1, 0.15) is 5.75 Å². The van der Waals surface area contributed by atoms with Crippen molar-refractivity contribution in [3.05, 3.63) is 36.2 Å². The van der Waals surface area contributed by atoms with Crippen LogP contribution in [0.1, 0.15) is 44.0 Å². The standard InChI is InChI=1S/C16H26N2O/c1-4-6-7-8-9-12-19-16-11-10-14(3)18-15(16)13-17-5-2/h4,10-11,17H,1,5-9,12-13H2,2-3H3. The normalized spacial score (nSPS) is 10.4. The summed E-state index contributed by atoms with van der Waals surface area (Å²) in [6.07, 6.45) is 6.54. The van der Waals surface area contributed by atoms with Gasteiger partial charge in [-0.15, -0.1) is 6.58 Å². The molecule has 0 aliphatic rings. The van der Waals surface area contributed by atoms with Crippen molar-refractivity contribution < 1.29 is 4.74 Å². The summed E-state index contributed by atoms with van der Waals surface area (Å²) in [7, 11) is 0. The molecule has 1 aromatic rings. The molecule has 0 radical (unpaired) electrons. The van der Waals surface area contributed by atoms with Crippen molar-refractivity contribution in [1.82, 2.24) is 10.3 Å². The zero-order valence-corrected chi connectivity index (χ0v) is 12.2. The summed E-state index contributed by atoms with van der Waals surface area (Å²) in [6, 6.07) is 4.03. The summed E-state index contributed by atoms with van der Waals surface area (Å²) in [5, 5.41) is 3.30. The Morgan fingerprint density at radius 1 is 1.32 bits per heavy atom. The van der Waals surface area contributed by atoms with Crippen LogP contribution in [-0.2, 0) is 6.54 Å². The Bertz CT molecular complexity index is 377. The van der Waals surface area contributed by atoms with Gasteiger partial charge in [0, 0.05) is 12.2 Å². The van der Waals surface area contributed by atoms with Gasteiger partial charge in [0.15, 0.2) is 0 Å². The molecule has 1 heterocycles. The Labute approximate surface area is 117 Å². The highest BCUT2D eigenvalue weighted by atomic mass is 16.5. The molecule has 0 aromatic carbocycles. The van der Waals surface area contributed by atoms with E-state index in [1.165, 1.54) is 12.8 Å². The van der Waals surface area contributed by atoms with Crippen molar-refractivity contribution in [2.45, 2.75) is 46.1 Å². The summed E-state index contributed by atoms with van der Waals surface area (Å²) < 4.78 is 5.84. The highest BCUT2D eigenvalue weighted by Crippen LogP contribution is 2.17.